The van der Waals surface area contributed by atoms with Gasteiger partial charge in [-0.05, 0) is 18.1 Å². The molecule has 1 aliphatic rings. The molecule has 14 nitrogen and oxygen atoms in total. The quantitative estimate of drug-likeness (QED) is 0.205. The molecule has 0 amide bonds. The molecule has 0 bridgehead atoms. The number of aliphatic hydroxyl groups excluding tert-OH is 2. The molecule has 1 saturated heterocycles. The Morgan fingerprint density at radius 2 is 2.03 bits per heavy atom. The number of para-hydroxylation sites is 1. The van der Waals surface area contributed by atoms with E-state index in [1.807, 2.05) is 24.3 Å². The van der Waals surface area contributed by atoms with Crippen LogP contribution in [-0.2, 0) is 29.6 Å². The molecule has 4 aromatic rings. The van der Waals surface area contributed by atoms with Crippen molar-refractivity contribution in [3.05, 3.63) is 48.7 Å². The van der Waals surface area contributed by atoms with E-state index in [2.05, 4.69) is 24.5 Å². The van der Waals surface area contributed by atoms with E-state index in [1.165, 1.54) is 17.2 Å². The van der Waals surface area contributed by atoms with E-state index >= 15 is 0 Å². The molecule has 0 spiro atoms. The van der Waals surface area contributed by atoms with Crippen LogP contribution in [0.3, 0.4) is 0 Å². The third-order valence-corrected chi connectivity index (χ3v) is 6.80. The lowest BCUT2D eigenvalue weighted by Crippen LogP contribution is -2.33. The molecule has 0 saturated carbocycles. The number of aromatic nitrogens is 5. The van der Waals surface area contributed by atoms with Crippen LogP contribution in [0, 0.1) is 0 Å². The molecular weight excluding hydrogens is 495 g/mol. The highest BCUT2D eigenvalue weighted by Crippen LogP contribution is 2.45. The average Bonchev–Trinajstić information content (AvgIpc) is 3.53. The number of aliphatic hydroxyl groups is 2. The molecule has 1 aliphatic heterocycles. The number of phosphoric ester groups is 1. The average molecular weight is 518 g/mol. The molecule has 4 heterocycles. The minimum atomic E-state index is -4.81. The molecule has 36 heavy (non-hydrogen) atoms. The van der Waals surface area contributed by atoms with Gasteiger partial charge in [-0.3, -0.25) is 18.8 Å². The van der Waals surface area contributed by atoms with Crippen LogP contribution in [0.4, 0.5) is 5.82 Å². The van der Waals surface area contributed by atoms with Crippen LogP contribution in [-0.4, -0.2) is 70.5 Å². The summed E-state index contributed by atoms with van der Waals surface area (Å²) in [5.74, 6) is -0.807. The first-order valence-electron chi connectivity index (χ1n) is 10.9. The van der Waals surface area contributed by atoms with E-state index in [0.717, 1.165) is 16.5 Å². The summed E-state index contributed by atoms with van der Waals surface area (Å²) >= 11 is 0. The molecule has 15 heteroatoms. The van der Waals surface area contributed by atoms with Gasteiger partial charge in [-0.1, -0.05) is 18.2 Å². The van der Waals surface area contributed by atoms with Gasteiger partial charge in [0.15, 0.2) is 17.7 Å². The number of imidazole rings is 1. The third kappa shape index (κ3) is 4.69. The molecule has 3 aromatic heterocycles. The summed E-state index contributed by atoms with van der Waals surface area (Å²) in [4.78, 5) is 37.2. The summed E-state index contributed by atoms with van der Waals surface area (Å²) in [6.07, 6.45) is -0.858. The number of carbonyl (C=O) groups excluding carboxylic acids is 1. The first-order valence-corrected chi connectivity index (χ1v) is 12.4. The number of hydrogen-bond acceptors (Lipinski definition) is 11. The van der Waals surface area contributed by atoms with E-state index < -0.39 is 44.9 Å². The number of benzene rings is 1. The minimum absolute atomic E-state index is 0.124. The molecule has 1 aromatic carbocycles. The first-order chi connectivity index (χ1) is 17.2. The second-order valence-corrected chi connectivity index (χ2v) is 9.59. The summed E-state index contributed by atoms with van der Waals surface area (Å²) in [7, 11) is -4.81. The van der Waals surface area contributed by atoms with Crippen molar-refractivity contribution in [3.8, 4) is 0 Å². The Labute approximate surface area is 203 Å². The zero-order valence-electron chi connectivity index (χ0n) is 18.7. The van der Waals surface area contributed by atoms with Crippen molar-refractivity contribution in [2.75, 3.05) is 12.3 Å². The maximum Gasteiger partial charge on any atom is 0.529 e. The van der Waals surface area contributed by atoms with Crippen molar-refractivity contribution < 1.29 is 38.3 Å². The smallest absolute Gasteiger partial charge is 0.387 e. The zero-order chi connectivity index (χ0) is 25.4. The van der Waals surface area contributed by atoms with Crippen molar-refractivity contribution in [1.82, 2.24) is 24.5 Å². The number of aryl methyl sites for hydroxylation is 1. The van der Waals surface area contributed by atoms with Gasteiger partial charge < -0.3 is 30.2 Å². The Morgan fingerprint density at radius 1 is 1.22 bits per heavy atom. The van der Waals surface area contributed by atoms with Gasteiger partial charge >= 0.3 is 13.8 Å². The van der Waals surface area contributed by atoms with Gasteiger partial charge in [0.25, 0.3) is 0 Å². The number of aromatic amines is 1. The normalized spacial score (nSPS) is 23.8. The second kappa shape index (κ2) is 9.58. The summed E-state index contributed by atoms with van der Waals surface area (Å²) < 4.78 is 28.8. The third-order valence-electron chi connectivity index (χ3n) is 5.89. The fraction of sp³-hybridized carbons (Fsp3) is 0.333. The standard InChI is InChI=1S/C21H23N6O8P/c22-19-16-20(25-9-24-19)27(10-26-16)21-18(30)17(29)14(34-21)8-33-36(31,32)35-15(28)6-5-11-7-23-13-4-2-1-3-12(11)13/h1-4,7,9-10,14,17-18,21,23,29-30H,5-6,8H2,(H,31,32)(H2,22,24,25)/t14-,17-,18-,21-/m1/s1. The van der Waals surface area contributed by atoms with Crippen LogP contribution in [0.1, 0.15) is 18.2 Å². The number of nitrogens with two attached hydrogens (primary N) is 1. The number of anilines is 1. The van der Waals surface area contributed by atoms with Crippen molar-refractivity contribution in [2.24, 2.45) is 0 Å². The number of fused-ring (bicyclic) bond motifs is 2. The van der Waals surface area contributed by atoms with Gasteiger partial charge in [0.05, 0.1) is 19.4 Å². The molecular formula is C21H23N6O8P. The van der Waals surface area contributed by atoms with Crippen LogP contribution in [0.5, 0.6) is 0 Å². The summed E-state index contributed by atoms with van der Waals surface area (Å²) in [5.41, 5.74) is 8.07. The lowest BCUT2D eigenvalue weighted by Gasteiger charge is -2.17. The van der Waals surface area contributed by atoms with Gasteiger partial charge in [0.1, 0.15) is 30.2 Å². The van der Waals surface area contributed by atoms with Crippen LogP contribution >= 0.6 is 7.82 Å². The SMILES string of the molecule is Nc1ncnc2c1ncn2[C@@H]1O[C@H](COP(=O)(O)OC(=O)CCc2c[nH]c3ccccc23)[C@@H](O)[C@H]1O. The topological polar surface area (TPSA) is 208 Å². The Hall–Kier alpha value is -3.39. The van der Waals surface area contributed by atoms with Crippen molar-refractivity contribution in [3.63, 3.8) is 0 Å². The van der Waals surface area contributed by atoms with Crippen LogP contribution < -0.4 is 5.73 Å². The van der Waals surface area contributed by atoms with E-state index in [4.69, 9.17) is 15.0 Å². The van der Waals surface area contributed by atoms with Gasteiger partial charge in [-0.25, -0.2) is 19.5 Å². The van der Waals surface area contributed by atoms with Crippen molar-refractivity contribution >= 4 is 41.7 Å². The summed E-state index contributed by atoms with van der Waals surface area (Å²) in [6, 6.07) is 7.54. The Balaban J connectivity index is 1.17. The number of ether oxygens (including phenoxy) is 1. The number of nitrogens with one attached hydrogen (secondary N) is 1. The molecule has 1 unspecified atom stereocenters. The first kappa shape index (κ1) is 24.3. The lowest BCUT2D eigenvalue weighted by atomic mass is 10.1. The van der Waals surface area contributed by atoms with Gasteiger partial charge in [0.2, 0.25) is 0 Å². The highest BCUT2D eigenvalue weighted by atomic mass is 31.2. The van der Waals surface area contributed by atoms with Crippen molar-refractivity contribution in [1.29, 1.82) is 0 Å². The van der Waals surface area contributed by atoms with Gasteiger partial charge in [-0.15, -0.1) is 0 Å². The van der Waals surface area contributed by atoms with Gasteiger partial charge in [0, 0.05) is 17.1 Å². The number of nitrogen functional groups attached to an aromatic ring is 1. The molecule has 1 fully saturated rings. The number of rotatable bonds is 8. The van der Waals surface area contributed by atoms with E-state index in [1.54, 1.807) is 6.20 Å². The summed E-state index contributed by atoms with van der Waals surface area (Å²) in [5, 5.41) is 21.8. The summed E-state index contributed by atoms with van der Waals surface area (Å²) in [6.45, 7) is -0.637. The highest BCUT2D eigenvalue weighted by molar-refractivity contribution is 7.48. The van der Waals surface area contributed by atoms with Gasteiger partial charge in [-0.2, -0.15) is 0 Å². The van der Waals surface area contributed by atoms with E-state index in [-0.39, 0.29) is 29.8 Å². The predicted molar refractivity (Wildman–Crippen MR) is 124 cm³/mol. The Morgan fingerprint density at radius 3 is 2.86 bits per heavy atom. The fourth-order valence-electron chi connectivity index (χ4n) is 4.10. The molecule has 0 aliphatic carbocycles. The maximum atomic E-state index is 12.3. The predicted octanol–water partition coefficient (Wildman–Crippen LogP) is 0.802. The van der Waals surface area contributed by atoms with Crippen LogP contribution in [0.25, 0.3) is 22.1 Å². The van der Waals surface area contributed by atoms with Crippen LogP contribution in [0.15, 0.2) is 43.1 Å². The monoisotopic (exact) mass is 518 g/mol. The fourth-order valence-corrected chi connectivity index (χ4v) is 4.83. The van der Waals surface area contributed by atoms with E-state index in [9.17, 15) is 24.5 Å². The highest BCUT2D eigenvalue weighted by Gasteiger charge is 2.45. The molecule has 5 atom stereocenters. The Bertz CT molecular complexity index is 1460. The molecule has 6 N–H and O–H groups in total. The molecule has 0 radical (unpaired) electrons. The van der Waals surface area contributed by atoms with Crippen molar-refractivity contribution in [2.45, 2.75) is 37.4 Å². The van der Waals surface area contributed by atoms with E-state index in [0.29, 0.717) is 0 Å². The number of phosphoric acid groups is 1. The number of H-pyrrole nitrogens is 1. The number of carbonyl (C=O) groups is 1. The minimum Gasteiger partial charge on any atom is -0.387 e. The molecule has 190 valence electrons. The van der Waals surface area contributed by atoms with Crippen LogP contribution in [0.2, 0.25) is 0 Å². The number of nitrogens with zero attached hydrogens (tertiary/aromatic N) is 4. The maximum absolute atomic E-state index is 12.3. The lowest BCUT2D eigenvalue weighted by molar-refractivity contribution is -0.136. The number of hydrogen-bond donors (Lipinski definition) is 5. The largest absolute Gasteiger partial charge is 0.529 e. The molecule has 5 rings (SSSR count). The second-order valence-electron chi connectivity index (χ2n) is 8.22. The Kier molecular flexibility index (Phi) is 6.47. The zero-order valence-corrected chi connectivity index (χ0v) is 19.6.